The Morgan fingerprint density at radius 2 is 1.69 bits per heavy atom. The molecule has 0 aromatic rings. The number of quaternary nitrogens is 1. The predicted molar refractivity (Wildman–Crippen MR) is 96.4 cm³/mol. The zero-order valence-electron chi connectivity index (χ0n) is 16.5. The second-order valence-electron chi connectivity index (χ2n) is 8.00. The molecule has 150 valence electrons. The number of aliphatic carboxylic acids is 1. The van der Waals surface area contributed by atoms with Gasteiger partial charge in [-0.2, -0.15) is 0 Å². The zero-order valence-corrected chi connectivity index (χ0v) is 16.5. The third kappa shape index (κ3) is 6.59. The molecule has 0 saturated heterocycles. The standard InChI is InChI=1S/C19H35N3O4/c1-5-12(4)15(20)18(24)21-10-13-6-8-14(9-7-13)17(23)22-16(11(2)3)19(25)26/h11-16H,5-10,20H2,1-4H3,(H,21,24)(H,22,23)(H,25,26)/t12-,13?,14?,15+,16+/m1/s1. The summed E-state index contributed by atoms with van der Waals surface area (Å²) in [5, 5.41) is 16.7. The van der Waals surface area contributed by atoms with Gasteiger partial charge in [0.05, 0.1) is 12.0 Å². The van der Waals surface area contributed by atoms with E-state index in [9.17, 15) is 19.5 Å². The minimum atomic E-state index is -1.24. The highest BCUT2D eigenvalue weighted by Gasteiger charge is 2.29. The highest BCUT2D eigenvalue weighted by molar-refractivity contribution is 5.84. The lowest BCUT2D eigenvalue weighted by Gasteiger charge is -2.30. The second kappa shape index (κ2) is 10.5. The normalized spacial score (nSPS) is 23.8. The van der Waals surface area contributed by atoms with Gasteiger partial charge < -0.3 is 26.3 Å². The summed E-state index contributed by atoms with van der Waals surface area (Å²) in [4.78, 5) is 35.5. The lowest BCUT2D eigenvalue weighted by molar-refractivity contribution is -0.415. The van der Waals surface area contributed by atoms with Gasteiger partial charge in [-0.15, -0.1) is 0 Å². The summed E-state index contributed by atoms with van der Waals surface area (Å²) in [5.41, 5.74) is 3.95. The van der Waals surface area contributed by atoms with Crippen LogP contribution < -0.4 is 21.5 Å². The maximum atomic E-state index is 12.3. The monoisotopic (exact) mass is 369 g/mol. The van der Waals surface area contributed by atoms with Crippen LogP contribution >= 0.6 is 0 Å². The molecule has 0 aliphatic heterocycles. The van der Waals surface area contributed by atoms with Crippen LogP contribution in [0.25, 0.3) is 0 Å². The number of hydrogen-bond acceptors (Lipinski definition) is 4. The SMILES string of the molecule is CC[C@@H](C)[C@H]([NH3+])C(=O)NCC1CCC(C(=O)N[C@H](C(=O)[O-])C(C)C)CC1. The van der Waals surface area contributed by atoms with Crippen LogP contribution in [0.1, 0.15) is 59.8 Å². The van der Waals surface area contributed by atoms with Crippen molar-refractivity contribution in [1.29, 1.82) is 0 Å². The molecule has 7 nitrogen and oxygen atoms in total. The van der Waals surface area contributed by atoms with Crippen LogP contribution in [0.3, 0.4) is 0 Å². The van der Waals surface area contributed by atoms with E-state index in [1.165, 1.54) is 0 Å². The van der Waals surface area contributed by atoms with E-state index >= 15 is 0 Å². The third-order valence-corrected chi connectivity index (χ3v) is 5.67. The average Bonchev–Trinajstić information content (AvgIpc) is 2.62. The third-order valence-electron chi connectivity index (χ3n) is 5.67. The predicted octanol–water partition coefficient (Wildman–Crippen LogP) is -0.544. The molecule has 0 aromatic carbocycles. The smallest absolute Gasteiger partial charge is 0.278 e. The van der Waals surface area contributed by atoms with Crippen molar-refractivity contribution in [3.63, 3.8) is 0 Å². The summed E-state index contributed by atoms with van der Waals surface area (Å²) in [7, 11) is 0. The second-order valence-corrected chi connectivity index (χ2v) is 8.00. The van der Waals surface area contributed by atoms with E-state index in [2.05, 4.69) is 16.4 Å². The average molecular weight is 370 g/mol. The maximum absolute atomic E-state index is 12.3. The topological polar surface area (TPSA) is 126 Å². The molecule has 0 unspecified atom stereocenters. The van der Waals surface area contributed by atoms with Crippen LogP contribution in [0.5, 0.6) is 0 Å². The van der Waals surface area contributed by atoms with Crippen molar-refractivity contribution >= 4 is 17.8 Å². The van der Waals surface area contributed by atoms with Gasteiger partial charge in [0, 0.05) is 18.4 Å². The Morgan fingerprint density at radius 3 is 2.15 bits per heavy atom. The Labute approximate surface area is 156 Å². The van der Waals surface area contributed by atoms with E-state index in [0.29, 0.717) is 25.3 Å². The van der Waals surface area contributed by atoms with Crippen LogP contribution in [0.15, 0.2) is 0 Å². The largest absolute Gasteiger partial charge is 0.548 e. The maximum Gasteiger partial charge on any atom is 0.278 e. The van der Waals surface area contributed by atoms with E-state index in [4.69, 9.17) is 0 Å². The van der Waals surface area contributed by atoms with E-state index < -0.39 is 12.0 Å². The van der Waals surface area contributed by atoms with Gasteiger partial charge >= 0.3 is 0 Å². The molecule has 7 heteroatoms. The van der Waals surface area contributed by atoms with Gasteiger partial charge in [0.2, 0.25) is 5.91 Å². The molecular weight excluding hydrogens is 334 g/mol. The van der Waals surface area contributed by atoms with Gasteiger partial charge in [-0.25, -0.2) is 0 Å². The van der Waals surface area contributed by atoms with Crippen molar-refractivity contribution in [2.24, 2.45) is 23.7 Å². The highest BCUT2D eigenvalue weighted by Crippen LogP contribution is 2.28. The van der Waals surface area contributed by atoms with Crippen molar-refractivity contribution in [2.75, 3.05) is 6.54 Å². The van der Waals surface area contributed by atoms with Crippen molar-refractivity contribution in [2.45, 2.75) is 71.9 Å². The van der Waals surface area contributed by atoms with E-state index in [-0.39, 0.29) is 35.6 Å². The molecule has 1 fully saturated rings. The summed E-state index contributed by atoms with van der Waals surface area (Å²) >= 11 is 0. The first-order valence-corrected chi connectivity index (χ1v) is 9.79. The van der Waals surface area contributed by atoms with Crippen LogP contribution in [-0.2, 0) is 14.4 Å². The van der Waals surface area contributed by atoms with Gasteiger partial charge in [0.25, 0.3) is 5.91 Å². The van der Waals surface area contributed by atoms with Crippen molar-refractivity contribution in [3.8, 4) is 0 Å². The molecule has 5 N–H and O–H groups in total. The number of carbonyl (C=O) groups excluding carboxylic acids is 3. The molecule has 0 spiro atoms. The quantitative estimate of drug-likeness (QED) is 0.504. The Morgan fingerprint density at radius 1 is 1.12 bits per heavy atom. The van der Waals surface area contributed by atoms with Crippen LogP contribution in [0, 0.1) is 23.7 Å². The van der Waals surface area contributed by atoms with Gasteiger partial charge in [-0.3, -0.25) is 9.59 Å². The number of carbonyl (C=O) groups is 3. The molecule has 2 amide bonds. The Bertz CT molecular complexity index is 487. The molecular formula is C19H35N3O4. The van der Waals surface area contributed by atoms with Crippen molar-refractivity contribution < 1.29 is 25.2 Å². The molecule has 1 rings (SSSR count). The summed E-state index contributed by atoms with van der Waals surface area (Å²) in [5.74, 6) is -1.21. The lowest BCUT2D eigenvalue weighted by atomic mass is 9.81. The zero-order chi connectivity index (χ0) is 19.9. The Balaban J connectivity index is 2.39. The minimum absolute atomic E-state index is 0.00653. The van der Waals surface area contributed by atoms with Crippen molar-refractivity contribution in [1.82, 2.24) is 10.6 Å². The number of nitrogens with one attached hydrogen (secondary N) is 2. The molecule has 3 atom stereocenters. The van der Waals surface area contributed by atoms with Gasteiger partial charge in [0.1, 0.15) is 0 Å². The Kier molecular flexibility index (Phi) is 9.05. The summed E-state index contributed by atoms with van der Waals surface area (Å²) in [6.07, 6.45) is 4.04. The molecule has 0 radical (unpaired) electrons. The van der Waals surface area contributed by atoms with E-state index in [1.54, 1.807) is 13.8 Å². The van der Waals surface area contributed by atoms with Crippen molar-refractivity contribution in [3.05, 3.63) is 0 Å². The van der Waals surface area contributed by atoms with Gasteiger partial charge in [-0.05, 0) is 43.9 Å². The fourth-order valence-corrected chi connectivity index (χ4v) is 3.32. The van der Waals surface area contributed by atoms with E-state index in [0.717, 1.165) is 19.3 Å². The molecule has 1 aliphatic rings. The number of amides is 2. The van der Waals surface area contributed by atoms with E-state index in [1.807, 2.05) is 13.8 Å². The first-order chi connectivity index (χ1) is 12.2. The fourth-order valence-electron chi connectivity index (χ4n) is 3.32. The number of carboxylic acid groups (broad SMARTS) is 1. The number of carboxylic acids is 1. The van der Waals surface area contributed by atoms with Gasteiger partial charge in [0.15, 0.2) is 6.04 Å². The Hall–Kier alpha value is -1.63. The number of hydrogen-bond donors (Lipinski definition) is 3. The van der Waals surface area contributed by atoms with Crippen LogP contribution in [0.2, 0.25) is 0 Å². The van der Waals surface area contributed by atoms with Crippen LogP contribution in [0.4, 0.5) is 0 Å². The highest BCUT2D eigenvalue weighted by atomic mass is 16.4. The number of rotatable bonds is 9. The lowest BCUT2D eigenvalue weighted by Crippen LogP contribution is -2.70. The first kappa shape index (κ1) is 22.4. The van der Waals surface area contributed by atoms with Crippen LogP contribution in [-0.4, -0.2) is 36.4 Å². The molecule has 0 heterocycles. The molecule has 26 heavy (non-hydrogen) atoms. The van der Waals surface area contributed by atoms with Gasteiger partial charge in [-0.1, -0.05) is 27.7 Å². The minimum Gasteiger partial charge on any atom is -0.548 e. The molecule has 1 aliphatic carbocycles. The summed E-state index contributed by atoms with van der Waals surface area (Å²) < 4.78 is 0. The summed E-state index contributed by atoms with van der Waals surface area (Å²) in [6.45, 7) is 8.18. The summed E-state index contributed by atoms with van der Waals surface area (Å²) in [6, 6.07) is -1.19. The molecule has 0 aromatic heterocycles. The first-order valence-electron chi connectivity index (χ1n) is 9.79. The fraction of sp³-hybridized carbons (Fsp3) is 0.842. The molecule has 0 bridgehead atoms. The molecule has 1 saturated carbocycles.